The van der Waals surface area contributed by atoms with E-state index in [1.807, 2.05) is 6.07 Å². The first-order valence-electron chi connectivity index (χ1n) is 7.81. The van der Waals surface area contributed by atoms with E-state index in [1.54, 1.807) is 32.2 Å². The lowest BCUT2D eigenvalue weighted by Crippen LogP contribution is -2.57. The van der Waals surface area contributed by atoms with Crippen molar-refractivity contribution in [2.45, 2.75) is 30.8 Å². The first kappa shape index (κ1) is 16.4. The number of fused-ring (bicyclic) bond motifs is 1. The molecule has 2 aliphatic rings. The van der Waals surface area contributed by atoms with Crippen molar-refractivity contribution in [1.29, 1.82) is 0 Å². The van der Waals surface area contributed by atoms with Gasteiger partial charge in [-0.25, -0.2) is 8.42 Å². The predicted molar refractivity (Wildman–Crippen MR) is 85.4 cm³/mol. The third kappa shape index (κ3) is 2.56. The van der Waals surface area contributed by atoms with E-state index in [0.29, 0.717) is 36.5 Å². The molecule has 7 heteroatoms. The van der Waals surface area contributed by atoms with Gasteiger partial charge < -0.3 is 10.1 Å². The van der Waals surface area contributed by atoms with Crippen molar-refractivity contribution in [3.63, 3.8) is 0 Å². The van der Waals surface area contributed by atoms with E-state index in [2.05, 4.69) is 5.32 Å². The van der Waals surface area contributed by atoms with Gasteiger partial charge in [-0.05, 0) is 31.4 Å². The fraction of sp³-hybridized carbons (Fsp3) is 0.562. The van der Waals surface area contributed by atoms with Crippen LogP contribution in [0.1, 0.15) is 18.4 Å². The highest BCUT2D eigenvalue weighted by Gasteiger charge is 2.54. The largest absolute Gasteiger partial charge is 0.377 e. The Morgan fingerprint density at radius 3 is 2.83 bits per heavy atom. The van der Waals surface area contributed by atoms with Crippen molar-refractivity contribution < 1.29 is 17.9 Å². The van der Waals surface area contributed by atoms with Crippen LogP contribution in [0.2, 0.25) is 0 Å². The number of sulfonamides is 1. The number of hydrogen-bond acceptors (Lipinski definition) is 4. The second kappa shape index (κ2) is 5.89. The molecule has 2 atom stereocenters. The molecule has 0 spiro atoms. The van der Waals surface area contributed by atoms with Crippen LogP contribution in [-0.2, 0) is 19.6 Å². The smallest absolute Gasteiger partial charge is 0.243 e. The molecule has 0 unspecified atom stereocenters. The molecule has 2 aliphatic heterocycles. The molecule has 0 saturated carbocycles. The zero-order chi connectivity index (χ0) is 16.7. The molecule has 1 N–H and O–H groups in total. The second-order valence-corrected chi connectivity index (χ2v) is 8.14. The number of nitrogens with one attached hydrogen (secondary N) is 1. The van der Waals surface area contributed by atoms with Crippen molar-refractivity contribution in [2.75, 3.05) is 26.7 Å². The number of carbonyl (C=O) groups is 1. The summed E-state index contributed by atoms with van der Waals surface area (Å²) in [5.74, 6) is -0.135. The molecule has 1 amide bonds. The Hall–Kier alpha value is -1.44. The molecule has 2 heterocycles. The van der Waals surface area contributed by atoms with Crippen LogP contribution in [-0.4, -0.2) is 51.5 Å². The van der Waals surface area contributed by atoms with Crippen molar-refractivity contribution in [3.8, 4) is 0 Å². The molecule has 0 aromatic heterocycles. The lowest BCUT2D eigenvalue weighted by molar-refractivity contribution is -0.136. The molecule has 0 aliphatic carbocycles. The van der Waals surface area contributed by atoms with Crippen molar-refractivity contribution in [1.82, 2.24) is 9.62 Å². The Balaban J connectivity index is 1.96. The lowest BCUT2D eigenvalue weighted by atomic mass is 9.76. The third-order valence-corrected chi connectivity index (χ3v) is 6.98. The Morgan fingerprint density at radius 2 is 2.13 bits per heavy atom. The molecule has 6 nitrogen and oxygen atoms in total. The standard InChI is InChI=1S/C16H22N2O4S/c1-12-5-3-4-6-13(12)23(20,21)18-9-7-14-16(11-18,8-10-22-14)15(19)17-2/h3-6,14H,7-11H2,1-2H3,(H,17,19)/t14-,16-/m1/s1. The normalized spacial score (nSPS) is 28.3. The molecular weight excluding hydrogens is 316 g/mol. The average molecular weight is 338 g/mol. The first-order chi connectivity index (χ1) is 10.9. The van der Waals surface area contributed by atoms with Gasteiger partial charge in [0.15, 0.2) is 0 Å². The van der Waals surface area contributed by atoms with E-state index < -0.39 is 15.4 Å². The number of benzene rings is 1. The summed E-state index contributed by atoms with van der Waals surface area (Å²) in [7, 11) is -2.03. The van der Waals surface area contributed by atoms with Gasteiger partial charge >= 0.3 is 0 Å². The van der Waals surface area contributed by atoms with Crippen molar-refractivity contribution in [2.24, 2.45) is 5.41 Å². The maximum Gasteiger partial charge on any atom is 0.243 e. The van der Waals surface area contributed by atoms with Crippen LogP contribution in [0, 0.1) is 12.3 Å². The Morgan fingerprint density at radius 1 is 1.39 bits per heavy atom. The SMILES string of the molecule is CNC(=O)[C@@]12CCO[C@@H]1CCN(S(=O)(=O)c1ccccc1C)C2. The van der Waals surface area contributed by atoms with E-state index in [9.17, 15) is 13.2 Å². The fourth-order valence-electron chi connectivity index (χ4n) is 3.67. The number of amides is 1. The summed E-state index contributed by atoms with van der Waals surface area (Å²) in [6, 6.07) is 6.94. The molecule has 1 aromatic rings. The Labute approximate surface area is 136 Å². The minimum atomic E-state index is -3.61. The molecule has 3 rings (SSSR count). The quantitative estimate of drug-likeness (QED) is 0.889. The van der Waals surface area contributed by atoms with E-state index in [-0.39, 0.29) is 18.6 Å². The lowest BCUT2D eigenvalue weighted by Gasteiger charge is -2.41. The van der Waals surface area contributed by atoms with Crippen LogP contribution in [0.3, 0.4) is 0 Å². The van der Waals surface area contributed by atoms with E-state index in [0.717, 1.165) is 0 Å². The highest BCUT2D eigenvalue weighted by Crippen LogP contribution is 2.42. The van der Waals surface area contributed by atoms with Gasteiger partial charge in [-0.2, -0.15) is 4.31 Å². The van der Waals surface area contributed by atoms with Gasteiger partial charge in [-0.1, -0.05) is 18.2 Å². The highest BCUT2D eigenvalue weighted by molar-refractivity contribution is 7.89. The summed E-state index contributed by atoms with van der Waals surface area (Å²) in [5.41, 5.74) is -0.0609. The van der Waals surface area contributed by atoms with Gasteiger partial charge in [0.25, 0.3) is 0 Å². The Kier molecular flexibility index (Phi) is 4.20. The summed E-state index contributed by atoms with van der Waals surface area (Å²) in [6.07, 6.45) is 0.890. The maximum absolute atomic E-state index is 13.0. The van der Waals surface area contributed by atoms with E-state index in [1.165, 1.54) is 4.31 Å². The predicted octanol–water partition coefficient (Wildman–Crippen LogP) is 0.911. The first-order valence-corrected chi connectivity index (χ1v) is 9.25. The number of carbonyl (C=O) groups excluding carboxylic acids is 1. The zero-order valence-electron chi connectivity index (χ0n) is 13.4. The number of nitrogens with zero attached hydrogens (tertiary/aromatic N) is 1. The van der Waals surface area contributed by atoms with Crippen LogP contribution in [0.25, 0.3) is 0 Å². The zero-order valence-corrected chi connectivity index (χ0v) is 14.2. The van der Waals surface area contributed by atoms with E-state index in [4.69, 9.17) is 4.74 Å². The Bertz CT molecular complexity index is 719. The summed E-state index contributed by atoms with van der Waals surface area (Å²) in [6.45, 7) is 2.83. The molecular formula is C16H22N2O4S. The maximum atomic E-state index is 13.0. The van der Waals surface area contributed by atoms with Crippen LogP contribution in [0.15, 0.2) is 29.2 Å². The van der Waals surface area contributed by atoms with Gasteiger partial charge in [0.2, 0.25) is 15.9 Å². The highest BCUT2D eigenvalue weighted by atomic mass is 32.2. The molecule has 0 radical (unpaired) electrons. The second-order valence-electron chi connectivity index (χ2n) is 6.24. The topological polar surface area (TPSA) is 75.7 Å². The van der Waals surface area contributed by atoms with Gasteiger partial charge in [0.05, 0.1) is 16.4 Å². The number of hydrogen-bond donors (Lipinski definition) is 1. The number of piperidine rings is 1. The van der Waals surface area contributed by atoms with Gasteiger partial charge in [0, 0.05) is 26.7 Å². The summed E-state index contributed by atoms with van der Waals surface area (Å²) in [5, 5.41) is 2.68. The number of rotatable bonds is 3. The van der Waals surface area contributed by atoms with Gasteiger partial charge in [0.1, 0.15) is 0 Å². The summed E-state index contributed by atoms with van der Waals surface area (Å²) in [4.78, 5) is 12.7. The van der Waals surface area contributed by atoms with Crippen molar-refractivity contribution >= 4 is 15.9 Å². The van der Waals surface area contributed by atoms with Crippen LogP contribution < -0.4 is 5.32 Å². The summed E-state index contributed by atoms with van der Waals surface area (Å²) >= 11 is 0. The number of aryl methyl sites for hydroxylation is 1. The van der Waals surface area contributed by atoms with Gasteiger partial charge in [-0.3, -0.25) is 4.79 Å². The van der Waals surface area contributed by atoms with Crippen LogP contribution in [0.5, 0.6) is 0 Å². The molecule has 0 bridgehead atoms. The average Bonchev–Trinajstić information content (AvgIpc) is 2.98. The van der Waals surface area contributed by atoms with Gasteiger partial charge in [-0.15, -0.1) is 0 Å². The van der Waals surface area contributed by atoms with E-state index >= 15 is 0 Å². The molecule has 2 saturated heterocycles. The molecule has 2 fully saturated rings. The summed E-state index contributed by atoms with van der Waals surface area (Å²) < 4.78 is 33.1. The molecule has 126 valence electrons. The minimum Gasteiger partial charge on any atom is -0.377 e. The van der Waals surface area contributed by atoms with Crippen LogP contribution >= 0.6 is 0 Å². The van der Waals surface area contributed by atoms with Crippen molar-refractivity contribution in [3.05, 3.63) is 29.8 Å². The molecule has 23 heavy (non-hydrogen) atoms. The van der Waals surface area contributed by atoms with Crippen LogP contribution in [0.4, 0.5) is 0 Å². The number of ether oxygens (including phenoxy) is 1. The monoisotopic (exact) mass is 338 g/mol. The fourth-order valence-corrected chi connectivity index (χ4v) is 5.42. The minimum absolute atomic E-state index is 0.135. The molecule has 1 aromatic carbocycles. The third-order valence-electron chi connectivity index (χ3n) is 4.97.